The quantitative estimate of drug-likeness (QED) is 0.611. The standard InChI is InChI=1S/C23H21ClN2O5/c1-2-26(14-22(27)25-15-7-8-19-21(13-15)30-12-11-29-19)23(28)20-10-9-18(31-20)16-5-3-4-6-17(16)24/h3-10,13H,2,11-12,14H2,1H3,(H,25,27). The summed E-state index contributed by atoms with van der Waals surface area (Å²) in [7, 11) is 0. The van der Waals surface area contributed by atoms with Gasteiger partial charge in [0.1, 0.15) is 25.5 Å². The summed E-state index contributed by atoms with van der Waals surface area (Å²) in [5, 5.41) is 3.31. The highest BCUT2D eigenvalue weighted by Gasteiger charge is 2.22. The van der Waals surface area contributed by atoms with E-state index in [0.29, 0.717) is 53.3 Å². The van der Waals surface area contributed by atoms with Crippen molar-refractivity contribution in [2.75, 3.05) is 31.6 Å². The van der Waals surface area contributed by atoms with Crippen molar-refractivity contribution in [2.45, 2.75) is 6.92 Å². The van der Waals surface area contributed by atoms with Crippen molar-refractivity contribution in [1.29, 1.82) is 0 Å². The first kappa shape index (κ1) is 20.8. The fourth-order valence-electron chi connectivity index (χ4n) is 3.24. The van der Waals surface area contributed by atoms with Gasteiger partial charge in [0, 0.05) is 23.9 Å². The molecule has 1 aliphatic heterocycles. The van der Waals surface area contributed by atoms with Crippen LogP contribution >= 0.6 is 11.6 Å². The highest BCUT2D eigenvalue weighted by atomic mass is 35.5. The minimum Gasteiger partial charge on any atom is -0.486 e. The van der Waals surface area contributed by atoms with E-state index in [1.54, 1.807) is 43.3 Å². The van der Waals surface area contributed by atoms with Gasteiger partial charge in [-0.2, -0.15) is 0 Å². The maximum Gasteiger partial charge on any atom is 0.290 e. The zero-order valence-corrected chi connectivity index (χ0v) is 17.6. The largest absolute Gasteiger partial charge is 0.486 e. The number of amides is 2. The number of nitrogens with zero attached hydrogens (tertiary/aromatic N) is 1. The molecule has 0 saturated heterocycles. The van der Waals surface area contributed by atoms with Crippen LogP contribution in [0.4, 0.5) is 5.69 Å². The molecule has 0 atom stereocenters. The number of hydrogen-bond acceptors (Lipinski definition) is 5. The number of nitrogens with one attached hydrogen (secondary N) is 1. The average molecular weight is 441 g/mol. The molecule has 0 spiro atoms. The highest BCUT2D eigenvalue weighted by molar-refractivity contribution is 6.33. The van der Waals surface area contributed by atoms with Gasteiger partial charge < -0.3 is 24.1 Å². The highest BCUT2D eigenvalue weighted by Crippen LogP contribution is 2.32. The SMILES string of the molecule is CCN(CC(=O)Nc1ccc2c(c1)OCCO2)C(=O)c1ccc(-c2ccccc2Cl)o1. The van der Waals surface area contributed by atoms with Crippen LogP contribution in [0.3, 0.4) is 0 Å². The van der Waals surface area contributed by atoms with Gasteiger partial charge in [0.15, 0.2) is 17.3 Å². The van der Waals surface area contributed by atoms with Crippen molar-refractivity contribution < 1.29 is 23.5 Å². The van der Waals surface area contributed by atoms with Gasteiger partial charge in [0.25, 0.3) is 5.91 Å². The molecule has 4 rings (SSSR count). The van der Waals surface area contributed by atoms with E-state index in [-0.39, 0.29) is 24.1 Å². The molecule has 3 aromatic rings. The monoisotopic (exact) mass is 440 g/mol. The molecule has 0 unspecified atom stereocenters. The van der Waals surface area contributed by atoms with Crippen molar-refractivity contribution >= 4 is 29.1 Å². The number of fused-ring (bicyclic) bond motifs is 1. The molecule has 2 amide bonds. The molecule has 0 saturated carbocycles. The minimum atomic E-state index is -0.377. The number of likely N-dealkylation sites (N-methyl/N-ethyl adjacent to an activating group) is 1. The first-order valence-electron chi connectivity index (χ1n) is 9.88. The topological polar surface area (TPSA) is 81.0 Å². The van der Waals surface area contributed by atoms with Crippen molar-refractivity contribution in [2.24, 2.45) is 0 Å². The van der Waals surface area contributed by atoms with E-state index in [0.717, 1.165) is 0 Å². The van der Waals surface area contributed by atoms with E-state index in [1.807, 2.05) is 18.2 Å². The number of carbonyl (C=O) groups is 2. The number of ether oxygens (including phenoxy) is 2. The lowest BCUT2D eigenvalue weighted by Crippen LogP contribution is -2.37. The smallest absolute Gasteiger partial charge is 0.290 e. The van der Waals surface area contributed by atoms with Crippen LogP contribution in [0.1, 0.15) is 17.5 Å². The predicted octanol–water partition coefficient (Wildman–Crippen LogP) is 4.47. The van der Waals surface area contributed by atoms with Gasteiger partial charge in [-0.25, -0.2) is 0 Å². The number of carbonyl (C=O) groups excluding carboxylic acids is 2. The van der Waals surface area contributed by atoms with Gasteiger partial charge in [-0.15, -0.1) is 0 Å². The number of rotatable bonds is 6. The molecule has 0 aliphatic carbocycles. The molecule has 0 radical (unpaired) electrons. The normalized spacial score (nSPS) is 12.3. The van der Waals surface area contributed by atoms with Crippen LogP contribution in [-0.2, 0) is 4.79 Å². The molecule has 7 nitrogen and oxygen atoms in total. The summed E-state index contributed by atoms with van der Waals surface area (Å²) in [6.45, 7) is 2.98. The third kappa shape index (κ3) is 4.67. The van der Waals surface area contributed by atoms with E-state index in [4.69, 9.17) is 25.5 Å². The molecule has 2 heterocycles. The van der Waals surface area contributed by atoms with E-state index >= 15 is 0 Å². The summed E-state index contributed by atoms with van der Waals surface area (Å²) in [5.74, 6) is 1.15. The summed E-state index contributed by atoms with van der Waals surface area (Å²) in [6.07, 6.45) is 0. The zero-order valence-electron chi connectivity index (χ0n) is 16.9. The van der Waals surface area contributed by atoms with E-state index in [1.165, 1.54) is 4.90 Å². The Morgan fingerprint density at radius 3 is 2.58 bits per heavy atom. The Hall–Kier alpha value is -3.45. The van der Waals surface area contributed by atoms with E-state index < -0.39 is 0 Å². The number of furan rings is 1. The fraction of sp³-hybridized carbons (Fsp3) is 0.217. The molecule has 1 aromatic heterocycles. The Morgan fingerprint density at radius 1 is 1.03 bits per heavy atom. The molecule has 8 heteroatoms. The van der Waals surface area contributed by atoms with Crippen LogP contribution in [-0.4, -0.2) is 43.0 Å². The molecule has 31 heavy (non-hydrogen) atoms. The lowest BCUT2D eigenvalue weighted by Gasteiger charge is -2.21. The molecule has 0 bridgehead atoms. The zero-order chi connectivity index (χ0) is 21.8. The van der Waals surface area contributed by atoms with Gasteiger partial charge in [-0.1, -0.05) is 23.7 Å². The third-order valence-electron chi connectivity index (χ3n) is 4.79. The molecule has 160 valence electrons. The molecular weight excluding hydrogens is 420 g/mol. The molecule has 1 aliphatic rings. The van der Waals surface area contributed by atoms with Crippen molar-refractivity contribution in [1.82, 2.24) is 4.90 Å². The molecule has 0 fully saturated rings. The molecular formula is C23H21ClN2O5. The van der Waals surface area contributed by atoms with Crippen LogP contribution < -0.4 is 14.8 Å². The second kappa shape index (κ2) is 9.14. The Morgan fingerprint density at radius 2 is 1.81 bits per heavy atom. The van der Waals surface area contributed by atoms with Gasteiger partial charge in [-0.05, 0) is 43.3 Å². The Balaban J connectivity index is 1.42. The van der Waals surface area contributed by atoms with Crippen LogP contribution in [0.15, 0.2) is 59.0 Å². The Labute approximate surface area is 184 Å². The molecule has 1 N–H and O–H groups in total. The fourth-order valence-corrected chi connectivity index (χ4v) is 3.47. The van der Waals surface area contributed by atoms with Crippen LogP contribution in [0.25, 0.3) is 11.3 Å². The first-order chi connectivity index (χ1) is 15.0. The number of benzene rings is 2. The summed E-state index contributed by atoms with van der Waals surface area (Å²) < 4.78 is 16.7. The van der Waals surface area contributed by atoms with Gasteiger partial charge in [0.05, 0.1) is 5.02 Å². The van der Waals surface area contributed by atoms with E-state index in [2.05, 4.69) is 5.32 Å². The maximum absolute atomic E-state index is 12.9. The summed E-state index contributed by atoms with van der Waals surface area (Å²) >= 11 is 6.20. The van der Waals surface area contributed by atoms with Crippen LogP contribution in [0.2, 0.25) is 5.02 Å². The predicted molar refractivity (Wildman–Crippen MR) is 117 cm³/mol. The first-order valence-corrected chi connectivity index (χ1v) is 10.3. The molecule has 2 aromatic carbocycles. The summed E-state index contributed by atoms with van der Waals surface area (Å²) in [5.41, 5.74) is 1.26. The van der Waals surface area contributed by atoms with Crippen molar-refractivity contribution in [3.05, 3.63) is 65.4 Å². The second-order valence-electron chi connectivity index (χ2n) is 6.87. The number of hydrogen-bond donors (Lipinski definition) is 1. The second-order valence-corrected chi connectivity index (χ2v) is 7.28. The summed E-state index contributed by atoms with van der Waals surface area (Å²) in [4.78, 5) is 26.8. The average Bonchev–Trinajstić information content (AvgIpc) is 3.27. The number of halogens is 1. The number of anilines is 1. The lowest BCUT2D eigenvalue weighted by atomic mass is 10.2. The lowest BCUT2D eigenvalue weighted by molar-refractivity contribution is -0.116. The van der Waals surface area contributed by atoms with Gasteiger partial charge >= 0.3 is 0 Å². The summed E-state index contributed by atoms with van der Waals surface area (Å²) in [6, 6.07) is 15.7. The Bertz CT molecular complexity index is 1110. The van der Waals surface area contributed by atoms with Crippen LogP contribution in [0, 0.1) is 0 Å². The maximum atomic E-state index is 12.9. The van der Waals surface area contributed by atoms with Crippen molar-refractivity contribution in [3.8, 4) is 22.8 Å². The van der Waals surface area contributed by atoms with Crippen molar-refractivity contribution in [3.63, 3.8) is 0 Å². The van der Waals surface area contributed by atoms with Crippen LogP contribution in [0.5, 0.6) is 11.5 Å². The third-order valence-corrected chi connectivity index (χ3v) is 5.12. The van der Waals surface area contributed by atoms with Gasteiger partial charge in [0.2, 0.25) is 5.91 Å². The van der Waals surface area contributed by atoms with E-state index in [9.17, 15) is 9.59 Å². The minimum absolute atomic E-state index is 0.119. The van der Waals surface area contributed by atoms with Gasteiger partial charge in [-0.3, -0.25) is 9.59 Å². The Kier molecular flexibility index (Phi) is 6.13.